The van der Waals surface area contributed by atoms with Gasteiger partial charge in [0.1, 0.15) is 4.90 Å². The van der Waals surface area contributed by atoms with Crippen molar-refractivity contribution in [3.05, 3.63) is 16.7 Å². The summed E-state index contributed by atoms with van der Waals surface area (Å²) in [6.45, 7) is 1.32. The molecule has 4 N–H and O–H groups in total. The lowest BCUT2D eigenvalue weighted by Crippen LogP contribution is -2.37. The van der Waals surface area contributed by atoms with Crippen molar-refractivity contribution in [2.45, 2.75) is 17.9 Å². The van der Waals surface area contributed by atoms with Crippen LogP contribution in [0.3, 0.4) is 0 Å². The van der Waals surface area contributed by atoms with Gasteiger partial charge in [-0.15, -0.1) is 0 Å². The summed E-state index contributed by atoms with van der Waals surface area (Å²) >= 11 is 3.16. The van der Waals surface area contributed by atoms with E-state index in [1.165, 1.54) is 19.3 Å². The Morgan fingerprint density at radius 3 is 2.78 bits per heavy atom. The number of nitrogens with one attached hydrogen (secondary N) is 1. The Kier molecular flexibility index (Phi) is 5.05. The van der Waals surface area contributed by atoms with Crippen LogP contribution in [0.15, 0.2) is 21.6 Å². The number of nitrogens with zero attached hydrogens (tertiary/aromatic N) is 2. The molecular formula is C9H15BrN4O3S. The maximum absolute atomic E-state index is 12.3. The Labute approximate surface area is 114 Å². The third-order valence-corrected chi connectivity index (χ3v) is 4.92. The average Bonchev–Trinajstić information content (AvgIpc) is 2.36. The number of halogens is 1. The minimum absolute atomic E-state index is 0.0511. The van der Waals surface area contributed by atoms with E-state index in [4.69, 9.17) is 10.9 Å². The van der Waals surface area contributed by atoms with E-state index in [0.717, 1.165) is 4.31 Å². The largest absolute Gasteiger partial charge is 0.395 e. The summed E-state index contributed by atoms with van der Waals surface area (Å²) < 4.78 is 26.2. The summed E-state index contributed by atoms with van der Waals surface area (Å²) in [4.78, 5) is 3.83. The molecule has 1 unspecified atom stereocenters. The van der Waals surface area contributed by atoms with Crippen molar-refractivity contribution >= 4 is 31.8 Å². The Hall–Kier alpha value is -0.740. The number of hydrazine groups is 1. The van der Waals surface area contributed by atoms with E-state index in [0.29, 0.717) is 4.47 Å². The topological polar surface area (TPSA) is 109 Å². The number of nitrogens with two attached hydrogens (primary N) is 1. The van der Waals surface area contributed by atoms with Crippen LogP contribution in [0.5, 0.6) is 0 Å². The molecule has 0 aliphatic heterocycles. The second kappa shape index (κ2) is 5.93. The number of rotatable bonds is 5. The summed E-state index contributed by atoms with van der Waals surface area (Å²) in [5.74, 6) is 5.30. The van der Waals surface area contributed by atoms with Crippen molar-refractivity contribution in [1.82, 2.24) is 9.29 Å². The lowest BCUT2D eigenvalue weighted by molar-refractivity contribution is 0.214. The van der Waals surface area contributed by atoms with Crippen molar-refractivity contribution in [1.29, 1.82) is 0 Å². The smallest absolute Gasteiger partial charge is 0.246 e. The van der Waals surface area contributed by atoms with Gasteiger partial charge in [-0.25, -0.2) is 19.2 Å². The molecule has 0 amide bonds. The Morgan fingerprint density at radius 2 is 2.28 bits per heavy atom. The first-order chi connectivity index (χ1) is 8.34. The highest BCUT2D eigenvalue weighted by molar-refractivity contribution is 9.10. The van der Waals surface area contributed by atoms with Gasteiger partial charge in [0.05, 0.1) is 6.61 Å². The van der Waals surface area contributed by atoms with Crippen LogP contribution in [0, 0.1) is 0 Å². The molecule has 0 fully saturated rings. The lowest BCUT2D eigenvalue weighted by atomic mass is 10.4. The molecule has 1 aromatic rings. The van der Waals surface area contributed by atoms with Gasteiger partial charge in [-0.1, -0.05) is 0 Å². The summed E-state index contributed by atoms with van der Waals surface area (Å²) in [5.41, 5.74) is 2.24. The van der Waals surface area contributed by atoms with Crippen LogP contribution in [0.25, 0.3) is 0 Å². The average molecular weight is 339 g/mol. The fraction of sp³-hybridized carbons (Fsp3) is 0.444. The first-order valence-electron chi connectivity index (χ1n) is 5.05. The van der Waals surface area contributed by atoms with Crippen molar-refractivity contribution in [3.8, 4) is 0 Å². The van der Waals surface area contributed by atoms with E-state index < -0.39 is 16.1 Å². The molecule has 0 saturated carbocycles. The number of aromatic nitrogens is 1. The van der Waals surface area contributed by atoms with Crippen molar-refractivity contribution in [3.63, 3.8) is 0 Å². The molecule has 0 aromatic carbocycles. The van der Waals surface area contributed by atoms with Crippen LogP contribution in [0.4, 0.5) is 5.82 Å². The van der Waals surface area contributed by atoms with Crippen molar-refractivity contribution in [2.75, 3.05) is 19.1 Å². The monoisotopic (exact) mass is 338 g/mol. The first kappa shape index (κ1) is 15.3. The zero-order valence-corrected chi connectivity index (χ0v) is 12.4. The molecule has 9 heteroatoms. The SMILES string of the molecule is CC(CO)N(C)S(=O)(=O)c1cc(Br)cnc1NN. The van der Waals surface area contributed by atoms with E-state index in [1.54, 1.807) is 6.92 Å². The Balaban J connectivity index is 3.31. The van der Waals surface area contributed by atoms with Crippen LogP contribution in [0.1, 0.15) is 6.92 Å². The number of sulfonamides is 1. The first-order valence-corrected chi connectivity index (χ1v) is 7.29. The summed E-state index contributed by atoms with van der Waals surface area (Å²) in [6, 6.07) is 0.859. The zero-order chi connectivity index (χ0) is 13.9. The van der Waals surface area contributed by atoms with Gasteiger partial charge in [0.2, 0.25) is 10.0 Å². The molecule has 0 aliphatic rings. The van der Waals surface area contributed by atoms with Gasteiger partial charge in [-0.2, -0.15) is 4.31 Å². The summed E-state index contributed by atoms with van der Waals surface area (Å²) in [6.07, 6.45) is 1.43. The van der Waals surface area contributed by atoms with E-state index >= 15 is 0 Å². The quantitative estimate of drug-likeness (QED) is 0.520. The van der Waals surface area contributed by atoms with E-state index in [2.05, 4.69) is 26.3 Å². The Bertz CT molecular complexity index is 523. The molecule has 0 saturated heterocycles. The van der Waals surface area contributed by atoms with Gasteiger partial charge in [0, 0.05) is 23.8 Å². The van der Waals surface area contributed by atoms with Crippen molar-refractivity contribution in [2.24, 2.45) is 5.84 Å². The number of nitrogen functional groups attached to an aromatic ring is 1. The number of aliphatic hydroxyl groups is 1. The summed E-state index contributed by atoms with van der Waals surface area (Å²) in [7, 11) is -2.39. The van der Waals surface area contributed by atoms with Crippen LogP contribution in [-0.2, 0) is 10.0 Å². The maximum Gasteiger partial charge on any atom is 0.246 e. The number of hydrogen-bond acceptors (Lipinski definition) is 6. The molecule has 0 spiro atoms. The predicted octanol–water partition coefficient (Wildman–Crippen LogP) is 0.131. The van der Waals surface area contributed by atoms with Crippen LogP contribution in [0.2, 0.25) is 0 Å². The van der Waals surface area contributed by atoms with Crippen LogP contribution < -0.4 is 11.3 Å². The molecule has 0 bridgehead atoms. The van der Waals surface area contributed by atoms with E-state index in [1.807, 2.05) is 0 Å². The number of likely N-dealkylation sites (N-methyl/N-ethyl adjacent to an activating group) is 1. The van der Waals surface area contributed by atoms with Gasteiger partial charge in [0.15, 0.2) is 5.82 Å². The van der Waals surface area contributed by atoms with Gasteiger partial charge < -0.3 is 10.5 Å². The van der Waals surface area contributed by atoms with Gasteiger partial charge in [-0.05, 0) is 28.9 Å². The molecule has 102 valence electrons. The van der Waals surface area contributed by atoms with E-state index in [9.17, 15) is 8.42 Å². The standard InChI is InChI=1S/C9H15BrN4O3S/c1-6(5-15)14(2)18(16,17)8-3-7(10)4-12-9(8)13-11/h3-4,6,15H,5,11H2,1-2H3,(H,12,13). The highest BCUT2D eigenvalue weighted by atomic mass is 79.9. The molecule has 1 atom stereocenters. The highest BCUT2D eigenvalue weighted by Gasteiger charge is 2.28. The molecule has 1 heterocycles. The predicted molar refractivity (Wildman–Crippen MR) is 71.2 cm³/mol. The number of hydrogen-bond donors (Lipinski definition) is 3. The number of anilines is 1. The van der Waals surface area contributed by atoms with Crippen LogP contribution in [-0.4, -0.2) is 42.5 Å². The molecule has 0 aliphatic carbocycles. The third kappa shape index (κ3) is 2.98. The normalized spacial score (nSPS) is 13.7. The van der Waals surface area contributed by atoms with Crippen LogP contribution >= 0.6 is 15.9 Å². The lowest BCUT2D eigenvalue weighted by Gasteiger charge is -2.23. The third-order valence-electron chi connectivity index (χ3n) is 2.50. The summed E-state index contributed by atoms with van der Waals surface area (Å²) in [5, 5.41) is 9.03. The Morgan fingerprint density at radius 1 is 1.67 bits per heavy atom. The second-order valence-corrected chi connectivity index (χ2v) is 6.58. The fourth-order valence-corrected chi connectivity index (χ4v) is 3.20. The van der Waals surface area contributed by atoms with Gasteiger partial charge in [-0.3, -0.25) is 0 Å². The number of aliphatic hydroxyl groups excluding tert-OH is 1. The van der Waals surface area contributed by atoms with Gasteiger partial charge >= 0.3 is 0 Å². The number of pyridine rings is 1. The highest BCUT2D eigenvalue weighted by Crippen LogP contribution is 2.25. The molecule has 18 heavy (non-hydrogen) atoms. The molecule has 0 radical (unpaired) electrons. The minimum Gasteiger partial charge on any atom is -0.395 e. The maximum atomic E-state index is 12.3. The second-order valence-electron chi connectivity index (χ2n) is 3.70. The molecule has 1 rings (SSSR count). The molecular weight excluding hydrogens is 324 g/mol. The molecule has 7 nitrogen and oxygen atoms in total. The fourth-order valence-electron chi connectivity index (χ4n) is 1.23. The van der Waals surface area contributed by atoms with Crippen molar-refractivity contribution < 1.29 is 13.5 Å². The molecule has 1 aromatic heterocycles. The van der Waals surface area contributed by atoms with Gasteiger partial charge in [0.25, 0.3) is 0 Å². The zero-order valence-electron chi connectivity index (χ0n) is 9.96. The van der Waals surface area contributed by atoms with E-state index in [-0.39, 0.29) is 17.3 Å². The minimum atomic E-state index is -3.78.